The molecule has 0 spiro atoms. The summed E-state index contributed by atoms with van der Waals surface area (Å²) in [4.78, 5) is 0.0421. The second-order valence-electron chi connectivity index (χ2n) is 4.60. The molecule has 0 radical (unpaired) electrons. The van der Waals surface area contributed by atoms with Gasteiger partial charge in [-0.05, 0) is 31.0 Å². The van der Waals surface area contributed by atoms with Gasteiger partial charge in [-0.3, -0.25) is 0 Å². The number of anilines is 1. The fourth-order valence-electron chi connectivity index (χ4n) is 2.07. The van der Waals surface area contributed by atoms with Gasteiger partial charge in [-0.25, -0.2) is 8.42 Å². The van der Waals surface area contributed by atoms with Crippen molar-refractivity contribution in [3.05, 3.63) is 23.2 Å². The van der Waals surface area contributed by atoms with Crippen LogP contribution in [-0.2, 0) is 14.8 Å². The fraction of sp³-hybridized carbons (Fsp3) is 0.500. The van der Waals surface area contributed by atoms with E-state index in [1.54, 1.807) is 6.07 Å². The van der Waals surface area contributed by atoms with Crippen molar-refractivity contribution in [2.75, 3.05) is 25.9 Å². The molecule has 1 heterocycles. The number of ether oxygens (including phenoxy) is 1. The summed E-state index contributed by atoms with van der Waals surface area (Å²) >= 11 is 5.83. The van der Waals surface area contributed by atoms with Gasteiger partial charge in [0.1, 0.15) is 4.90 Å². The van der Waals surface area contributed by atoms with Crippen molar-refractivity contribution >= 4 is 27.3 Å². The highest BCUT2D eigenvalue weighted by atomic mass is 35.5. The Morgan fingerprint density at radius 2 is 2.26 bits per heavy atom. The van der Waals surface area contributed by atoms with Gasteiger partial charge in [-0.15, -0.1) is 0 Å². The first-order valence-electron chi connectivity index (χ1n) is 6.04. The third-order valence-corrected chi connectivity index (χ3v) is 5.26. The highest BCUT2D eigenvalue weighted by Gasteiger charge is 2.27. The van der Waals surface area contributed by atoms with E-state index in [-0.39, 0.29) is 16.7 Å². The maximum absolute atomic E-state index is 12.4. The van der Waals surface area contributed by atoms with Gasteiger partial charge in [0.2, 0.25) is 10.0 Å². The van der Waals surface area contributed by atoms with Gasteiger partial charge in [0.05, 0.1) is 11.8 Å². The van der Waals surface area contributed by atoms with Crippen LogP contribution < -0.4 is 5.73 Å². The van der Waals surface area contributed by atoms with Gasteiger partial charge >= 0.3 is 0 Å². The van der Waals surface area contributed by atoms with Crippen LogP contribution in [-0.4, -0.2) is 39.0 Å². The van der Waals surface area contributed by atoms with Crippen molar-refractivity contribution in [1.29, 1.82) is 0 Å². The molecule has 1 fully saturated rings. The topological polar surface area (TPSA) is 72.6 Å². The summed E-state index contributed by atoms with van der Waals surface area (Å²) in [5.74, 6) is 0. The molecule has 1 aliphatic rings. The number of likely N-dealkylation sites (N-methyl/N-ethyl adjacent to an activating group) is 1. The van der Waals surface area contributed by atoms with E-state index in [9.17, 15) is 8.42 Å². The molecular formula is C12H17ClN2O3S. The molecule has 1 aliphatic heterocycles. The highest BCUT2D eigenvalue weighted by Crippen LogP contribution is 2.26. The Morgan fingerprint density at radius 3 is 2.89 bits per heavy atom. The Kier molecular flexibility index (Phi) is 4.35. The molecule has 0 saturated carbocycles. The van der Waals surface area contributed by atoms with E-state index in [1.807, 2.05) is 0 Å². The highest BCUT2D eigenvalue weighted by molar-refractivity contribution is 7.89. The summed E-state index contributed by atoms with van der Waals surface area (Å²) in [7, 11) is -2.11. The molecule has 0 aromatic heterocycles. The number of nitrogens with two attached hydrogens (primary N) is 1. The van der Waals surface area contributed by atoms with E-state index < -0.39 is 10.0 Å². The second-order valence-corrected chi connectivity index (χ2v) is 7.05. The average Bonchev–Trinajstić information content (AvgIpc) is 2.85. The van der Waals surface area contributed by atoms with Crippen molar-refractivity contribution in [3.8, 4) is 0 Å². The van der Waals surface area contributed by atoms with Gasteiger partial charge in [-0.2, -0.15) is 4.31 Å². The molecule has 0 amide bonds. The predicted octanol–water partition coefficient (Wildman–Crippen LogP) is 1.72. The van der Waals surface area contributed by atoms with Crippen LogP contribution in [0.25, 0.3) is 0 Å². The van der Waals surface area contributed by atoms with E-state index in [2.05, 4.69) is 0 Å². The molecule has 1 unspecified atom stereocenters. The Hall–Kier alpha value is -0.820. The van der Waals surface area contributed by atoms with Crippen molar-refractivity contribution < 1.29 is 13.2 Å². The Morgan fingerprint density at radius 1 is 1.53 bits per heavy atom. The van der Waals surface area contributed by atoms with E-state index in [0.717, 1.165) is 12.8 Å². The summed E-state index contributed by atoms with van der Waals surface area (Å²) in [5, 5.41) is 0.346. The first-order valence-corrected chi connectivity index (χ1v) is 7.86. The molecule has 5 nitrogen and oxygen atoms in total. The number of rotatable bonds is 4. The SMILES string of the molecule is CN(CC1CCCO1)S(=O)(=O)c1cc(Cl)ccc1N. The molecule has 7 heteroatoms. The van der Waals surface area contributed by atoms with Crippen LogP contribution in [0.5, 0.6) is 0 Å². The third-order valence-electron chi connectivity index (χ3n) is 3.15. The van der Waals surface area contributed by atoms with Gasteiger partial charge in [-0.1, -0.05) is 11.6 Å². The van der Waals surface area contributed by atoms with Crippen molar-refractivity contribution in [3.63, 3.8) is 0 Å². The number of hydrogen-bond donors (Lipinski definition) is 1. The van der Waals surface area contributed by atoms with Crippen LogP contribution in [0.4, 0.5) is 5.69 Å². The first-order chi connectivity index (χ1) is 8.91. The summed E-state index contributed by atoms with van der Waals surface area (Å²) in [6.07, 6.45) is 1.81. The van der Waals surface area contributed by atoms with Crippen molar-refractivity contribution in [2.24, 2.45) is 0 Å². The van der Waals surface area contributed by atoms with Crippen LogP contribution in [0, 0.1) is 0 Å². The van der Waals surface area contributed by atoms with E-state index >= 15 is 0 Å². The lowest BCUT2D eigenvalue weighted by Crippen LogP contribution is -2.34. The molecule has 1 atom stereocenters. The molecule has 19 heavy (non-hydrogen) atoms. The molecule has 0 bridgehead atoms. The zero-order valence-electron chi connectivity index (χ0n) is 10.7. The minimum absolute atomic E-state index is 0.0415. The standard InChI is InChI=1S/C12H17ClN2O3S/c1-15(8-10-3-2-6-18-10)19(16,17)12-7-9(13)4-5-11(12)14/h4-5,7,10H,2-3,6,8,14H2,1H3. The summed E-state index contributed by atoms with van der Waals surface area (Å²) in [6.45, 7) is 1.02. The maximum Gasteiger partial charge on any atom is 0.245 e. The fourth-order valence-corrected chi connectivity index (χ4v) is 3.65. The molecule has 2 N–H and O–H groups in total. The normalized spacial score (nSPS) is 20.1. The van der Waals surface area contributed by atoms with Gasteiger partial charge in [0, 0.05) is 25.2 Å². The number of hydrogen-bond acceptors (Lipinski definition) is 4. The lowest BCUT2D eigenvalue weighted by Gasteiger charge is -2.21. The molecule has 2 rings (SSSR count). The minimum atomic E-state index is -3.64. The van der Waals surface area contributed by atoms with Crippen LogP contribution in [0.1, 0.15) is 12.8 Å². The predicted molar refractivity (Wildman–Crippen MR) is 74.7 cm³/mol. The van der Waals surface area contributed by atoms with Crippen molar-refractivity contribution in [2.45, 2.75) is 23.8 Å². The zero-order chi connectivity index (χ0) is 14.0. The number of benzene rings is 1. The molecule has 1 aromatic rings. The first kappa shape index (κ1) is 14.6. The lowest BCUT2D eigenvalue weighted by atomic mass is 10.2. The second kappa shape index (κ2) is 5.66. The average molecular weight is 305 g/mol. The van der Waals surface area contributed by atoms with Crippen LogP contribution in [0.2, 0.25) is 5.02 Å². The van der Waals surface area contributed by atoms with E-state index in [1.165, 1.54) is 23.5 Å². The number of nitrogens with zero attached hydrogens (tertiary/aromatic N) is 1. The monoisotopic (exact) mass is 304 g/mol. The molecular weight excluding hydrogens is 288 g/mol. The molecule has 1 aromatic carbocycles. The van der Waals surface area contributed by atoms with Crippen LogP contribution in [0.15, 0.2) is 23.1 Å². The van der Waals surface area contributed by atoms with Crippen LogP contribution in [0.3, 0.4) is 0 Å². The third kappa shape index (κ3) is 3.20. The Labute approximate surface area is 118 Å². The smallest absolute Gasteiger partial charge is 0.245 e. The van der Waals surface area contributed by atoms with Gasteiger partial charge < -0.3 is 10.5 Å². The summed E-state index contributed by atoms with van der Waals surface area (Å²) in [5.41, 5.74) is 5.92. The summed E-state index contributed by atoms with van der Waals surface area (Å²) < 4.78 is 31.6. The quantitative estimate of drug-likeness (QED) is 0.860. The van der Waals surface area contributed by atoms with Gasteiger partial charge in [0.25, 0.3) is 0 Å². The van der Waals surface area contributed by atoms with E-state index in [4.69, 9.17) is 22.1 Å². The number of nitrogen functional groups attached to an aromatic ring is 1. The Bertz CT molecular complexity index is 556. The Balaban J connectivity index is 2.22. The van der Waals surface area contributed by atoms with Crippen molar-refractivity contribution in [1.82, 2.24) is 4.31 Å². The lowest BCUT2D eigenvalue weighted by molar-refractivity contribution is 0.0979. The number of halogens is 1. The molecule has 0 aliphatic carbocycles. The van der Waals surface area contributed by atoms with Gasteiger partial charge in [0.15, 0.2) is 0 Å². The van der Waals surface area contributed by atoms with Crippen LogP contribution >= 0.6 is 11.6 Å². The minimum Gasteiger partial charge on any atom is -0.398 e. The largest absolute Gasteiger partial charge is 0.398 e. The summed E-state index contributed by atoms with van der Waals surface area (Å²) in [6, 6.07) is 4.43. The number of sulfonamides is 1. The zero-order valence-corrected chi connectivity index (χ0v) is 12.2. The van der Waals surface area contributed by atoms with E-state index in [0.29, 0.717) is 18.2 Å². The molecule has 106 valence electrons. The maximum atomic E-state index is 12.4. The molecule has 1 saturated heterocycles.